The lowest BCUT2D eigenvalue weighted by molar-refractivity contribution is -0.139. The fraction of sp³-hybridized carbons (Fsp3) is 0.138. The molecule has 2 unspecified atom stereocenters. The summed E-state index contributed by atoms with van der Waals surface area (Å²) in [7, 11) is 0. The molecule has 3 heterocycles. The number of hydrogen-bond acceptors (Lipinski definition) is 6. The molecule has 3 aliphatic heterocycles. The molecule has 1 saturated heterocycles. The largest absolute Gasteiger partial charge is 0.476 e. The molecule has 4 aromatic rings. The summed E-state index contributed by atoms with van der Waals surface area (Å²) >= 11 is 7.36. The Hall–Kier alpha value is -4.25. The molecule has 7 rings (SSSR count). The third-order valence-electron chi connectivity index (χ3n) is 7.34. The smallest absolute Gasteiger partial charge is 0.348 e. The standard InChI is InChI=1S/C29H22ClN5O4S/c30-19-12-9-18(10-13-19)26-25-20-6-2-1-5-17(20)11-14-23(25)39-16-34(26)32-28(38)33-35-24(36)15-40-29(35)21-7-3-4-8-22(21)31-27(29)37/h1-14,26H,15-16H2,(H,31,37)(H2,32,33,38). The van der Waals surface area contributed by atoms with E-state index in [1.807, 2.05) is 48.5 Å². The molecular formula is C29H22ClN5O4S. The molecule has 40 heavy (non-hydrogen) atoms. The van der Waals surface area contributed by atoms with Gasteiger partial charge >= 0.3 is 6.03 Å². The molecular weight excluding hydrogens is 550 g/mol. The van der Waals surface area contributed by atoms with Gasteiger partial charge < -0.3 is 10.1 Å². The molecule has 2 atom stereocenters. The van der Waals surface area contributed by atoms with E-state index in [9.17, 15) is 14.4 Å². The molecule has 3 aliphatic rings. The Bertz CT molecular complexity index is 1700. The van der Waals surface area contributed by atoms with Gasteiger partial charge in [-0.05, 0) is 40.6 Å². The van der Waals surface area contributed by atoms with Crippen LogP contribution >= 0.6 is 23.4 Å². The maximum absolute atomic E-state index is 13.5. The minimum atomic E-state index is -1.39. The number of ether oxygens (including phenoxy) is 1. The summed E-state index contributed by atoms with van der Waals surface area (Å²) in [5.41, 5.74) is 8.53. The Morgan fingerprint density at radius 3 is 2.60 bits per heavy atom. The molecule has 1 spiro atoms. The van der Waals surface area contributed by atoms with Gasteiger partial charge in [-0.15, -0.1) is 11.8 Å². The number of benzene rings is 4. The van der Waals surface area contributed by atoms with Crippen LogP contribution in [-0.2, 0) is 14.5 Å². The number of halogens is 1. The first kappa shape index (κ1) is 24.8. The van der Waals surface area contributed by atoms with E-state index in [-0.39, 0.29) is 24.3 Å². The summed E-state index contributed by atoms with van der Waals surface area (Å²) in [5.74, 6) is -0.0127. The Labute approximate surface area is 238 Å². The van der Waals surface area contributed by atoms with Crippen LogP contribution in [0.3, 0.4) is 0 Å². The summed E-state index contributed by atoms with van der Waals surface area (Å²) in [5, 5.41) is 8.22. The van der Waals surface area contributed by atoms with Crippen LogP contribution in [0.2, 0.25) is 5.02 Å². The molecule has 9 nitrogen and oxygen atoms in total. The molecule has 0 aliphatic carbocycles. The topological polar surface area (TPSA) is 103 Å². The highest BCUT2D eigenvalue weighted by atomic mass is 35.5. The lowest BCUT2D eigenvalue weighted by Crippen LogP contribution is -2.60. The Morgan fingerprint density at radius 1 is 0.975 bits per heavy atom. The molecule has 3 N–H and O–H groups in total. The predicted octanol–water partition coefficient (Wildman–Crippen LogP) is 4.74. The van der Waals surface area contributed by atoms with E-state index in [0.717, 1.165) is 26.9 Å². The molecule has 11 heteroatoms. The highest BCUT2D eigenvalue weighted by molar-refractivity contribution is 8.02. The van der Waals surface area contributed by atoms with Crippen molar-refractivity contribution in [3.63, 3.8) is 0 Å². The Morgan fingerprint density at radius 2 is 1.75 bits per heavy atom. The second kappa shape index (κ2) is 9.44. The number of anilines is 1. The van der Waals surface area contributed by atoms with Crippen molar-refractivity contribution in [1.82, 2.24) is 20.9 Å². The normalized spacial score (nSPS) is 21.6. The zero-order valence-electron chi connectivity index (χ0n) is 20.9. The first-order chi connectivity index (χ1) is 19.5. The number of rotatable bonds is 3. The number of thioether (sulfide) groups is 1. The van der Waals surface area contributed by atoms with Gasteiger partial charge in [0.1, 0.15) is 5.75 Å². The van der Waals surface area contributed by atoms with Crippen molar-refractivity contribution in [3.05, 3.63) is 107 Å². The highest BCUT2D eigenvalue weighted by Crippen LogP contribution is 2.51. The van der Waals surface area contributed by atoms with Gasteiger partial charge in [0, 0.05) is 21.8 Å². The molecule has 4 aromatic carbocycles. The van der Waals surface area contributed by atoms with Gasteiger partial charge in [-0.1, -0.05) is 72.3 Å². The zero-order chi connectivity index (χ0) is 27.4. The van der Waals surface area contributed by atoms with Crippen molar-refractivity contribution < 1.29 is 19.1 Å². The van der Waals surface area contributed by atoms with E-state index in [1.165, 1.54) is 11.8 Å². The number of carbonyl (C=O) groups is 3. The fourth-order valence-electron chi connectivity index (χ4n) is 5.59. The molecule has 0 aromatic heterocycles. The van der Waals surface area contributed by atoms with E-state index in [0.29, 0.717) is 22.0 Å². The van der Waals surface area contributed by atoms with Crippen molar-refractivity contribution in [1.29, 1.82) is 0 Å². The minimum absolute atomic E-state index is 0.0433. The van der Waals surface area contributed by atoms with Crippen LogP contribution in [0.25, 0.3) is 10.8 Å². The molecule has 0 radical (unpaired) electrons. The van der Waals surface area contributed by atoms with Crippen LogP contribution in [0.15, 0.2) is 84.9 Å². The van der Waals surface area contributed by atoms with Gasteiger partial charge in [-0.25, -0.2) is 15.2 Å². The summed E-state index contributed by atoms with van der Waals surface area (Å²) in [4.78, 5) is 38.3. The number of amides is 4. The quantitative estimate of drug-likeness (QED) is 0.328. The summed E-state index contributed by atoms with van der Waals surface area (Å²) in [6.07, 6.45) is 0. The molecule has 0 saturated carbocycles. The van der Waals surface area contributed by atoms with E-state index < -0.39 is 16.9 Å². The average Bonchev–Trinajstić information content (AvgIpc) is 3.45. The highest BCUT2D eigenvalue weighted by Gasteiger charge is 2.59. The number of para-hydroxylation sites is 1. The van der Waals surface area contributed by atoms with E-state index in [1.54, 1.807) is 41.4 Å². The van der Waals surface area contributed by atoms with Gasteiger partial charge in [0.25, 0.3) is 11.8 Å². The number of hydrogen-bond donors (Lipinski definition) is 3. The SMILES string of the molecule is O=C(NN1COc2ccc3ccccc3c2C1c1ccc(Cl)cc1)NN1C(=O)CSC12C(=O)Nc1ccccc12. The maximum Gasteiger partial charge on any atom is 0.348 e. The Kier molecular flexibility index (Phi) is 5.85. The van der Waals surface area contributed by atoms with Gasteiger partial charge in [0.15, 0.2) is 6.73 Å². The zero-order valence-corrected chi connectivity index (χ0v) is 22.5. The van der Waals surface area contributed by atoms with E-state index in [2.05, 4.69) is 16.2 Å². The van der Waals surface area contributed by atoms with Gasteiger partial charge in [0.05, 0.1) is 11.8 Å². The molecule has 4 amide bonds. The van der Waals surface area contributed by atoms with Crippen LogP contribution in [0.4, 0.5) is 10.5 Å². The van der Waals surface area contributed by atoms with E-state index >= 15 is 0 Å². The number of nitrogens with one attached hydrogen (secondary N) is 3. The number of fused-ring (bicyclic) bond motifs is 5. The van der Waals surface area contributed by atoms with Crippen molar-refractivity contribution in [2.45, 2.75) is 10.9 Å². The first-order valence-corrected chi connectivity index (χ1v) is 13.9. The second-order valence-electron chi connectivity index (χ2n) is 9.61. The van der Waals surface area contributed by atoms with Crippen LogP contribution in [0.1, 0.15) is 22.7 Å². The fourth-order valence-corrected chi connectivity index (χ4v) is 6.97. The monoisotopic (exact) mass is 571 g/mol. The predicted molar refractivity (Wildman–Crippen MR) is 152 cm³/mol. The molecule has 200 valence electrons. The van der Waals surface area contributed by atoms with Gasteiger partial charge in [-0.3, -0.25) is 15.0 Å². The molecule has 0 bridgehead atoms. The molecule has 1 fully saturated rings. The van der Waals surface area contributed by atoms with Gasteiger partial charge in [0.2, 0.25) is 4.87 Å². The van der Waals surface area contributed by atoms with E-state index in [4.69, 9.17) is 16.3 Å². The average molecular weight is 572 g/mol. The Balaban J connectivity index is 1.23. The van der Waals surface area contributed by atoms with Gasteiger partial charge in [-0.2, -0.15) is 5.01 Å². The summed E-state index contributed by atoms with van der Waals surface area (Å²) in [6, 6.07) is 25.4. The van der Waals surface area contributed by atoms with Crippen molar-refractivity contribution >= 4 is 57.7 Å². The first-order valence-electron chi connectivity index (χ1n) is 12.6. The second-order valence-corrected chi connectivity index (χ2v) is 11.2. The van der Waals surface area contributed by atoms with Crippen molar-refractivity contribution in [3.8, 4) is 5.75 Å². The third kappa shape index (κ3) is 3.79. The number of nitrogens with zero attached hydrogens (tertiary/aromatic N) is 2. The van der Waals surface area contributed by atoms with Crippen molar-refractivity contribution in [2.75, 3.05) is 17.8 Å². The van der Waals surface area contributed by atoms with Crippen molar-refractivity contribution in [2.24, 2.45) is 0 Å². The summed E-state index contributed by atoms with van der Waals surface area (Å²) < 4.78 is 6.08. The lowest BCUT2D eigenvalue weighted by atomic mass is 9.91. The minimum Gasteiger partial charge on any atom is -0.476 e. The van der Waals surface area contributed by atoms with Crippen LogP contribution in [0.5, 0.6) is 5.75 Å². The van der Waals surface area contributed by atoms with Crippen LogP contribution in [0, 0.1) is 0 Å². The number of carbonyl (C=O) groups excluding carboxylic acids is 3. The number of hydrazine groups is 2. The van der Waals surface area contributed by atoms with Crippen LogP contribution < -0.4 is 20.9 Å². The maximum atomic E-state index is 13.5. The van der Waals surface area contributed by atoms with Crippen LogP contribution in [-0.4, -0.2) is 40.3 Å². The summed E-state index contributed by atoms with van der Waals surface area (Å²) in [6.45, 7) is 0.0449. The number of urea groups is 1. The third-order valence-corrected chi connectivity index (χ3v) is 8.99. The lowest BCUT2D eigenvalue weighted by Gasteiger charge is -2.38.